The molecule has 1 aromatic rings. The van der Waals surface area contributed by atoms with Gasteiger partial charge in [0.05, 0.1) is 0 Å². The highest BCUT2D eigenvalue weighted by atomic mass is 35.5. The second-order valence-corrected chi connectivity index (χ2v) is 7.57. The number of nitrogens with zero attached hydrogens (tertiary/aromatic N) is 1. The van der Waals surface area contributed by atoms with E-state index in [0.717, 1.165) is 18.9 Å². The Labute approximate surface area is 123 Å². The van der Waals surface area contributed by atoms with E-state index in [2.05, 4.69) is 0 Å². The molecule has 0 radical (unpaired) electrons. The second kappa shape index (κ2) is 5.97. The average Bonchev–Trinajstić information content (AvgIpc) is 2.38. The molecule has 1 aliphatic rings. The van der Waals surface area contributed by atoms with Crippen LogP contribution in [-0.2, 0) is 10.0 Å². The van der Waals surface area contributed by atoms with Gasteiger partial charge in [0.15, 0.2) is 0 Å². The van der Waals surface area contributed by atoms with Gasteiger partial charge in [-0.25, -0.2) is 12.8 Å². The monoisotopic (exact) mass is 320 g/mol. The Morgan fingerprint density at radius 3 is 2.45 bits per heavy atom. The molecule has 0 spiro atoms. The molecule has 20 heavy (non-hydrogen) atoms. The molecular weight excluding hydrogens is 303 g/mol. The van der Waals surface area contributed by atoms with Crippen molar-refractivity contribution in [2.45, 2.75) is 42.7 Å². The molecule has 0 unspecified atom stereocenters. The van der Waals surface area contributed by atoms with Crippen molar-refractivity contribution in [1.82, 2.24) is 4.31 Å². The number of hydrogen-bond acceptors (Lipinski definition) is 3. The van der Waals surface area contributed by atoms with E-state index in [9.17, 15) is 12.8 Å². The summed E-state index contributed by atoms with van der Waals surface area (Å²) in [4.78, 5) is -0.334. The van der Waals surface area contributed by atoms with E-state index < -0.39 is 15.8 Å². The van der Waals surface area contributed by atoms with E-state index in [1.807, 2.05) is 0 Å². The lowest BCUT2D eigenvalue weighted by atomic mass is 9.92. The first-order valence-electron chi connectivity index (χ1n) is 6.51. The highest BCUT2D eigenvalue weighted by Crippen LogP contribution is 2.28. The Hall–Kier alpha value is -0.690. The van der Waals surface area contributed by atoms with Crippen molar-refractivity contribution in [3.8, 4) is 0 Å². The number of rotatable bonds is 3. The van der Waals surface area contributed by atoms with Crippen LogP contribution in [0.3, 0.4) is 0 Å². The van der Waals surface area contributed by atoms with Gasteiger partial charge in [-0.15, -0.1) is 0 Å². The van der Waals surface area contributed by atoms with Gasteiger partial charge in [0, 0.05) is 24.2 Å². The minimum absolute atomic E-state index is 0.130. The van der Waals surface area contributed by atoms with Gasteiger partial charge in [-0.2, -0.15) is 4.31 Å². The van der Waals surface area contributed by atoms with Crippen LogP contribution >= 0.6 is 11.6 Å². The van der Waals surface area contributed by atoms with Crippen LogP contribution in [0.1, 0.15) is 25.7 Å². The quantitative estimate of drug-likeness (QED) is 0.930. The first kappa shape index (κ1) is 15.7. The second-order valence-electron chi connectivity index (χ2n) is 5.16. The van der Waals surface area contributed by atoms with Gasteiger partial charge in [0.2, 0.25) is 10.0 Å². The van der Waals surface area contributed by atoms with Crippen molar-refractivity contribution in [3.05, 3.63) is 29.0 Å². The van der Waals surface area contributed by atoms with E-state index in [-0.39, 0.29) is 22.0 Å². The largest absolute Gasteiger partial charge is 0.328 e. The lowest BCUT2D eigenvalue weighted by Gasteiger charge is -2.32. The SMILES string of the molecule is CN(C1CCC(N)CC1)S(=O)(=O)c1ccc(Cl)cc1F. The molecule has 2 N–H and O–H groups in total. The first-order chi connectivity index (χ1) is 9.32. The maximum Gasteiger partial charge on any atom is 0.245 e. The van der Waals surface area contributed by atoms with Crippen molar-refractivity contribution in [3.63, 3.8) is 0 Å². The van der Waals surface area contributed by atoms with Crippen molar-refractivity contribution < 1.29 is 12.8 Å². The minimum atomic E-state index is -3.84. The summed E-state index contributed by atoms with van der Waals surface area (Å²) in [6.07, 6.45) is 2.97. The van der Waals surface area contributed by atoms with Crippen molar-refractivity contribution in [2.75, 3.05) is 7.05 Å². The topological polar surface area (TPSA) is 63.4 Å². The van der Waals surface area contributed by atoms with Gasteiger partial charge in [0.1, 0.15) is 10.7 Å². The van der Waals surface area contributed by atoms with Crippen LogP contribution in [-0.4, -0.2) is 31.9 Å². The number of sulfonamides is 1. The summed E-state index contributed by atoms with van der Waals surface area (Å²) in [6.45, 7) is 0. The lowest BCUT2D eigenvalue weighted by Crippen LogP contribution is -2.42. The number of benzene rings is 1. The molecule has 2 rings (SSSR count). The molecule has 1 aliphatic carbocycles. The maximum atomic E-state index is 13.8. The zero-order valence-electron chi connectivity index (χ0n) is 11.2. The lowest BCUT2D eigenvalue weighted by molar-refractivity contribution is 0.268. The van der Waals surface area contributed by atoms with E-state index in [1.165, 1.54) is 23.5 Å². The molecule has 0 aliphatic heterocycles. The van der Waals surface area contributed by atoms with E-state index >= 15 is 0 Å². The molecule has 0 amide bonds. The highest BCUT2D eigenvalue weighted by Gasteiger charge is 2.32. The Morgan fingerprint density at radius 1 is 1.30 bits per heavy atom. The summed E-state index contributed by atoms with van der Waals surface area (Å²) in [5.41, 5.74) is 5.82. The standard InChI is InChI=1S/C13H18ClFN2O2S/c1-17(11-5-3-10(16)4-6-11)20(18,19)13-7-2-9(14)8-12(13)15/h2,7-8,10-11H,3-6,16H2,1H3. The van der Waals surface area contributed by atoms with Gasteiger partial charge < -0.3 is 5.73 Å². The number of nitrogens with two attached hydrogens (primary N) is 1. The van der Waals surface area contributed by atoms with Crippen molar-refractivity contribution in [1.29, 1.82) is 0 Å². The van der Waals surface area contributed by atoms with E-state index in [0.29, 0.717) is 12.8 Å². The number of halogens is 2. The van der Waals surface area contributed by atoms with Crippen LogP contribution < -0.4 is 5.73 Å². The van der Waals surface area contributed by atoms with Gasteiger partial charge in [-0.1, -0.05) is 11.6 Å². The summed E-state index contributed by atoms with van der Waals surface area (Å²) >= 11 is 5.65. The fraction of sp³-hybridized carbons (Fsp3) is 0.538. The highest BCUT2D eigenvalue weighted by molar-refractivity contribution is 7.89. The third-order valence-electron chi connectivity index (χ3n) is 3.81. The van der Waals surface area contributed by atoms with Crippen LogP contribution in [0.15, 0.2) is 23.1 Å². The maximum absolute atomic E-state index is 13.8. The average molecular weight is 321 g/mol. The van der Waals surface area contributed by atoms with Gasteiger partial charge in [0.25, 0.3) is 0 Å². The Bertz CT molecular complexity index is 586. The Kier molecular flexibility index (Phi) is 4.69. The van der Waals surface area contributed by atoms with Crippen LogP contribution in [0.2, 0.25) is 5.02 Å². The zero-order valence-corrected chi connectivity index (χ0v) is 12.8. The minimum Gasteiger partial charge on any atom is -0.328 e. The summed E-state index contributed by atoms with van der Waals surface area (Å²) in [5, 5.41) is 0.174. The third kappa shape index (κ3) is 3.14. The Balaban J connectivity index is 2.25. The fourth-order valence-electron chi connectivity index (χ4n) is 2.50. The van der Waals surface area contributed by atoms with Gasteiger partial charge in [-0.3, -0.25) is 0 Å². The van der Waals surface area contributed by atoms with E-state index in [4.69, 9.17) is 17.3 Å². The molecule has 0 atom stereocenters. The normalized spacial score (nSPS) is 24.1. The molecule has 1 aromatic carbocycles. The summed E-state index contributed by atoms with van der Waals surface area (Å²) in [5.74, 6) is -0.822. The van der Waals surface area contributed by atoms with E-state index in [1.54, 1.807) is 0 Å². The van der Waals surface area contributed by atoms with Gasteiger partial charge >= 0.3 is 0 Å². The summed E-state index contributed by atoms with van der Waals surface area (Å²) in [7, 11) is -2.35. The van der Waals surface area contributed by atoms with Crippen LogP contribution in [0, 0.1) is 5.82 Å². The molecule has 1 fully saturated rings. The van der Waals surface area contributed by atoms with Crippen LogP contribution in [0.25, 0.3) is 0 Å². The molecular formula is C13H18ClFN2O2S. The molecule has 0 aromatic heterocycles. The van der Waals surface area contributed by atoms with Crippen molar-refractivity contribution >= 4 is 21.6 Å². The van der Waals surface area contributed by atoms with Crippen LogP contribution in [0.5, 0.6) is 0 Å². The summed E-state index contributed by atoms with van der Waals surface area (Å²) in [6, 6.07) is 3.60. The van der Waals surface area contributed by atoms with Gasteiger partial charge in [-0.05, 0) is 43.9 Å². The summed E-state index contributed by atoms with van der Waals surface area (Å²) < 4.78 is 40.0. The smallest absolute Gasteiger partial charge is 0.245 e. The van der Waals surface area contributed by atoms with Crippen molar-refractivity contribution in [2.24, 2.45) is 5.73 Å². The number of hydrogen-bond donors (Lipinski definition) is 1. The molecule has 112 valence electrons. The Morgan fingerprint density at radius 2 is 1.90 bits per heavy atom. The van der Waals surface area contributed by atoms with Crippen LogP contribution in [0.4, 0.5) is 4.39 Å². The molecule has 4 nitrogen and oxygen atoms in total. The first-order valence-corrected chi connectivity index (χ1v) is 8.33. The molecule has 1 saturated carbocycles. The predicted octanol–water partition coefficient (Wildman–Crippen LogP) is 2.37. The predicted molar refractivity (Wildman–Crippen MR) is 76.6 cm³/mol. The fourth-order valence-corrected chi connectivity index (χ4v) is 4.12. The third-order valence-corrected chi connectivity index (χ3v) is 5.98. The molecule has 0 saturated heterocycles. The molecule has 0 bridgehead atoms. The molecule has 7 heteroatoms. The molecule has 0 heterocycles. The zero-order chi connectivity index (χ0) is 14.9.